The summed E-state index contributed by atoms with van der Waals surface area (Å²) < 4.78 is 13.5. The molecule has 0 atom stereocenters. The van der Waals surface area contributed by atoms with Crippen molar-refractivity contribution in [3.8, 4) is 0 Å². The lowest BCUT2D eigenvalue weighted by Gasteiger charge is -2.26. The summed E-state index contributed by atoms with van der Waals surface area (Å²) >= 11 is 0. The van der Waals surface area contributed by atoms with Crippen LogP contribution in [-0.4, -0.2) is 11.1 Å². The lowest BCUT2D eigenvalue weighted by Crippen LogP contribution is -2.20. The molecule has 16 heavy (non-hydrogen) atoms. The number of rotatable bonds is 2. The van der Waals surface area contributed by atoms with Crippen molar-refractivity contribution in [1.29, 1.82) is 0 Å². The van der Waals surface area contributed by atoms with Gasteiger partial charge in [0.25, 0.3) is 0 Å². The van der Waals surface area contributed by atoms with Gasteiger partial charge in [-0.3, -0.25) is 4.79 Å². The third-order valence-corrected chi connectivity index (χ3v) is 3.42. The highest BCUT2D eigenvalue weighted by Crippen LogP contribution is 2.36. The SMILES string of the molecule is O=C(O)C1CCC(c2ccccc2F)CC1. The van der Waals surface area contributed by atoms with E-state index in [1.54, 1.807) is 12.1 Å². The highest BCUT2D eigenvalue weighted by atomic mass is 19.1. The molecule has 0 saturated heterocycles. The molecule has 1 aromatic rings. The van der Waals surface area contributed by atoms with Gasteiger partial charge in [0.2, 0.25) is 0 Å². The van der Waals surface area contributed by atoms with Crippen molar-refractivity contribution in [2.75, 3.05) is 0 Å². The highest BCUT2D eigenvalue weighted by molar-refractivity contribution is 5.70. The first-order chi connectivity index (χ1) is 7.68. The fourth-order valence-electron chi connectivity index (χ4n) is 2.46. The average molecular weight is 222 g/mol. The van der Waals surface area contributed by atoms with E-state index >= 15 is 0 Å². The van der Waals surface area contributed by atoms with E-state index in [4.69, 9.17) is 5.11 Å². The molecule has 0 amide bonds. The van der Waals surface area contributed by atoms with Crippen LogP contribution in [0.1, 0.15) is 37.2 Å². The lowest BCUT2D eigenvalue weighted by atomic mass is 9.78. The second-order valence-corrected chi connectivity index (χ2v) is 4.41. The van der Waals surface area contributed by atoms with Gasteiger partial charge in [-0.25, -0.2) is 4.39 Å². The molecule has 1 fully saturated rings. The van der Waals surface area contributed by atoms with Crippen LogP contribution in [0.2, 0.25) is 0 Å². The Morgan fingerprint density at radius 1 is 1.19 bits per heavy atom. The van der Waals surface area contributed by atoms with Crippen LogP contribution in [0.5, 0.6) is 0 Å². The van der Waals surface area contributed by atoms with E-state index in [-0.39, 0.29) is 17.7 Å². The molecule has 0 bridgehead atoms. The first-order valence-electron chi connectivity index (χ1n) is 5.65. The minimum atomic E-state index is -0.716. The smallest absolute Gasteiger partial charge is 0.306 e. The van der Waals surface area contributed by atoms with Gasteiger partial charge < -0.3 is 5.11 Å². The molecule has 1 aromatic carbocycles. The Hall–Kier alpha value is -1.38. The van der Waals surface area contributed by atoms with Gasteiger partial charge in [-0.15, -0.1) is 0 Å². The zero-order chi connectivity index (χ0) is 11.5. The minimum absolute atomic E-state index is 0.165. The molecular weight excluding hydrogens is 207 g/mol. The number of aliphatic carboxylic acids is 1. The lowest BCUT2D eigenvalue weighted by molar-refractivity contribution is -0.142. The molecule has 1 N–H and O–H groups in total. The number of benzene rings is 1. The Morgan fingerprint density at radius 2 is 1.81 bits per heavy atom. The highest BCUT2D eigenvalue weighted by Gasteiger charge is 2.27. The van der Waals surface area contributed by atoms with Crippen LogP contribution >= 0.6 is 0 Å². The standard InChI is InChI=1S/C13H15FO2/c14-12-4-2-1-3-11(12)9-5-7-10(8-6-9)13(15)16/h1-4,9-10H,5-8H2,(H,15,16). The Kier molecular flexibility index (Phi) is 3.22. The van der Waals surface area contributed by atoms with E-state index in [1.165, 1.54) is 6.07 Å². The molecule has 2 nitrogen and oxygen atoms in total. The van der Waals surface area contributed by atoms with Crippen molar-refractivity contribution >= 4 is 5.97 Å². The maximum atomic E-state index is 13.5. The van der Waals surface area contributed by atoms with Crippen molar-refractivity contribution in [3.05, 3.63) is 35.6 Å². The number of carboxylic acid groups (broad SMARTS) is 1. The van der Waals surface area contributed by atoms with Gasteiger partial charge in [-0.2, -0.15) is 0 Å². The Balaban J connectivity index is 2.05. The Morgan fingerprint density at radius 3 is 2.38 bits per heavy atom. The molecule has 0 unspecified atom stereocenters. The topological polar surface area (TPSA) is 37.3 Å². The van der Waals surface area contributed by atoms with Gasteiger partial charge in [-0.05, 0) is 43.2 Å². The summed E-state index contributed by atoms with van der Waals surface area (Å²) in [4.78, 5) is 10.8. The van der Waals surface area contributed by atoms with E-state index in [9.17, 15) is 9.18 Å². The summed E-state index contributed by atoms with van der Waals surface area (Å²) in [5.41, 5.74) is 0.742. The number of hydrogen-bond donors (Lipinski definition) is 1. The number of halogens is 1. The summed E-state index contributed by atoms with van der Waals surface area (Å²) in [6, 6.07) is 6.79. The quantitative estimate of drug-likeness (QED) is 0.834. The molecule has 0 radical (unpaired) electrons. The van der Waals surface area contributed by atoms with E-state index in [0.29, 0.717) is 12.8 Å². The molecule has 0 spiro atoms. The Bertz CT molecular complexity index is 381. The first-order valence-corrected chi connectivity index (χ1v) is 5.65. The fourth-order valence-corrected chi connectivity index (χ4v) is 2.46. The van der Waals surface area contributed by atoms with Crippen molar-refractivity contribution in [3.63, 3.8) is 0 Å². The van der Waals surface area contributed by atoms with Crippen LogP contribution in [-0.2, 0) is 4.79 Å². The van der Waals surface area contributed by atoms with Gasteiger partial charge >= 0.3 is 5.97 Å². The molecular formula is C13H15FO2. The zero-order valence-electron chi connectivity index (χ0n) is 9.03. The predicted octanol–water partition coefficient (Wildman–Crippen LogP) is 3.18. The minimum Gasteiger partial charge on any atom is -0.481 e. The summed E-state index contributed by atoms with van der Waals surface area (Å²) in [7, 11) is 0. The molecule has 1 aliphatic rings. The van der Waals surface area contributed by atoms with E-state index in [2.05, 4.69) is 0 Å². The van der Waals surface area contributed by atoms with Crippen molar-refractivity contribution in [2.24, 2.45) is 5.92 Å². The summed E-state index contributed by atoms with van der Waals surface area (Å²) in [6.45, 7) is 0. The third-order valence-electron chi connectivity index (χ3n) is 3.42. The van der Waals surface area contributed by atoms with Crippen LogP contribution in [0, 0.1) is 11.7 Å². The summed E-state index contributed by atoms with van der Waals surface area (Å²) in [5, 5.41) is 8.88. The number of carboxylic acids is 1. The van der Waals surface area contributed by atoms with Crippen LogP contribution in [0.15, 0.2) is 24.3 Å². The van der Waals surface area contributed by atoms with Crippen molar-refractivity contribution in [2.45, 2.75) is 31.6 Å². The molecule has 1 saturated carbocycles. The van der Waals surface area contributed by atoms with E-state index < -0.39 is 5.97 Å². The largest absolute Gasteiger partial charge is 0.481 e. The molecule has 0 heterocycles. The first kappa shape index (κ1) is 11.1. The Labute approximate surface area is 94.1 Å². The van der Waals surface area contributed by atoms with Gasteiger partial charge in [0.05, 0.1) is 5.92 Å². The predicted molar refractivity (Wildman–Crippen MR) is 58.7 cm³/mol. The molecule has 2 rings (SSSR count). The third kappa shape index (κ3) is 2.23. The number of carbonyl (C=O) groups is 1. The fraction of sp³-hybridized carbons (Fsp3) is 0.462. The number of hydrogen-bond acceptors (Lipinski definition) is 1. The average Bonchev–Trinajstić information content (AvgIpc) is 2.30. The van der Waals surface area contributed by atoms with Gasteiger partial charge in [-0.1, -0.05) is 18.2 Å². The normalized spacial score (nSPS) is 25.3. The van der Waals surface area contributed by atoms with Crippen LogP contribution in [0.25, 0.3) is 0 Å². The van der Waals surface area contributed by atoms with Crippen LogP contribution in [0.3, 0.4) is 0 Å². The van der Waals surface area contributed by atoms with Crippen LogP contribution in [0.4, 0.5) is 4.39 Å². The van der Waals surface area contributed by atoms with Gasteiger partial charge in [0, 0.05) is 0 Å². The van der Waals surface area contributed by atoms with Crippen LogP contribution < -0.4 is 0 Å². The zero-order valence-corrected chi connectivity index (χ0v) is 9.03. The van der Waals surface area contributed by atoms with Crippen molar-refractivity contribution < 1.29 is 14.3 Å². The van der Waals surface area contributed by atoms with Gasteiger partial charge in [0.1, 0.15) is 5.82 Å². The summed E-state index contributed by atoms with van der Waals surface area (Å²) in [5.74, 6) is -0.923. The monoisotopic (exact) mass is 222 g/mol. The second kappa shape index (κ2) is 4.64. The second-order valence-electron chi connectivity index (χ2n) is 4.41. The van der Waals surface area contributed by atoms with Crippen molar-refractivity contribution in [1.82, 2.24) is 0 Å². The maximum Gasteiger partial charge on any atom is 0.306 e. The van der Waals surface area contributed by atoms with E-state index in [1.807, 2.05) is 6.07 Å². The van der Waals surface area contributed by atoms with E-state index in [0.717, 1.165) is 18.4 Å². The van der Waals surface area contributed by atoms with Gasteiger partial charge in [0.15, 0.2) is 0 Å². The summed E-state index contributed by atoms with van der Waals surface area (Å²) in [6.07, 6.45) is 2.87. The molecule has 3 heteroatoms. The molecule has 0 aromatic heterocycles. The molecule has 86 valence electrons. The molecule has 0 aliphatic heterocycles. The molecule has 1 aliphatic carbocycles. The maximum absolute atomic E-state index is 13.5.